The lowest BCUT2D eigenvalue weighted by Crippen LogP contribution is -2.17. The SMILES string of the molecule is COc1ccc(-c2nnc(NC(=O)C(C)C)s2)cc1. The smallest absolute Gasteiger partial charge is 0.228 e. The van der Waals surface area contributed by atoms with Crippen molar-refractivity contribution >= 4 is 22.4 Å². The van der Waals surface area contributed by atoms with Gasteiger partial charge in [-0.05, 0) is 24.3 Å². The van der Waals surface area contributed by atoms with Crippen LogP contribution in [-0.4, -0.2) is 23.2 Å². The average Bonchev–Trinajstić information content (AvgIpc) is 2.87. The topological polar surface area (TPSA) is 64.1 Å². The van der Waals surface area contributed by atoms with Gasteiger partial charge >= 0.3 is 0 Å². The van der Waals surface area contributed by atoms with Crippen LogP contribution in [0.1, 0.15) is 13.8 Å². The van der Waals surface area contributed by atoms with Crippen LogP contribution >= 0.6 is 11.3 Å². The number of anilines is 1. The first-order valence-electron chi connectivity index (χ1n) is 5.89. The summed E-state index contributed by atoms with van der Waals surface area (Å²) in [5.41, 5.74) is 0.948. The van der Waals surface area contributed by atoms with Gasteiger partial charge < -0.3 is 10.1 Å². The minimum atomic E-state index is -0.0756. The predicted molar refractivity (Wildman–Crippen MR) is 75.4 cm³/mol. The van der Waals surface area contributed by atoms with Crippen LogP contribution < -0.4 is 10.1 Å². The van der Waals surface area contributed by atoms with Gasteiger partial charge in [0, 0.05) is 11.5 Å². The van der Waals surface area contributed by atoms with E-state index in [4.69, 9.17) is 4.74 Å². The van der Waals surface area contributed by atoms with E-state index in [0.717, 1.165) is 16.3 Å². The fourth-order valence-electron chi connectivity index (χ4n) is 1.37. The molecule has 100 valence electrons. The third-order valence-electron chi connectivity index (χ3n) is 2.52. The maximum absolute atomic E-state index is 11.6. The number of hydrogen-bond acceptors (Lipinski definition) is 5. The van der Waals surface area contributed by atoms with E-state index < -0.39 is 0 Å². The van der Waals surface area contributed by atoms with E-state index in [1.807, 2.05) is 38.1 Å². The lowest BCUT2D eigenvalue weighted by molar-refractivity contribution is -0.118. The number of benzene rings is 1. The fourth-order valence-corrected chi connectivity index (χ4v) is 2.13. The summed E-state index contributed by atoms with van der Waals surface area (Å²) in [6.45, 7) is 3.67. The Balaban J connectivity index is 2.13. The number of aromatic nitrogens is 2. The first kappa shape index (κ1) is 13.5. The Labute approximate surface area is 115 Å². The van der Waals surface area contributed by atoms with E-state index >= 15 is 0 Å². The minimum Gasteiger partial charge on any atom is -0.497 e. The molecule has 0 spiro atoms. The fraction of sp³-hybridized carbons (Fsp3) is 0.308. The van der Waals surface area contributed by atoms with Crippen molar-refractivity contribution in [2.24, 2.45) is 5.92 Å². The molecule has 6 heteroatoms. The van der Waals surface area contributed by atoms with Crippen LogP contribution in [0.5, 0.6) is 5.75 Å². The zero-order valence-electron chi connectivity index (χ0n) is 11.0. The van der Waals surface area contributed by atoms with Gasteiger partial charge in [-0.1, -0.05) is 25.2 Å². The van der Waals surface area contributed by atoms with E-state index in [9.17, 15) is 4.79 Å². The Hall–Kier alpha value is -1.95. The molecule has 0 aliphatic rings. The van der Waals surface area contributed by atoms with Crippen molar-refractivity contribution in [3.05, 3.63) is 24.3 Å². The molecular weight excluding hydrogens is 262 g/mol. The molecule has 0 atom stereocenters. The Kier molecular flexibility index (Phi) is 4.11. The molecule has 1 aromatic heterocycles. The maximum Gasteiger partial charge on any atom is 0.228 e. The number of rotatable bonds is 4. The number of carbonyl (C=O) groups excluding carboxylic acids is 1. The van der Waals surface area contributed by atoms with E-state index in [1.54, 1.807) is 7.11 Å². The van der Waals surface area contributed by atoms with Crippen LogP contribution in [0.25, 0.3) is 10.6 Å². The Bertz CT molecular complexity index is 564. The van der Waals surface area contributed by atoms with Crippen molar-refractivity contribution in [1.29, 1.82) is 0 Å². The van der Waals surface area contributed by atoms with Crippen LogP contribution in [0.2, 0.25) is 0 Å². The van der Waals surface area contributed by atoms with Gasteiger partial charge in [-0.15, -0.1) is 10.2 Å². The van der Waals surface area contributed by atoms with E-state index in [0.29, 0.717) is 5.13 Å². The van der Waals surface area contributed by atoms with Gasteiger partial charge in [0.05, 0.1) is 7.11 Å². The molecule has 0 aliphatic carbocycles. The van der Waals surface area contributed by atoms with Gasteiger partial charge in [-0.3, -0.25) is 4.79 Å². The second-order valence-electron chi connectivity index (χ2n) is 4.28. The summed E-state index contributed by atoms with van der Waals surface area (Å²) in [4.78, 5) is 11.6. The quantitative estimate of drug-likeness (QED) is 0.933. The molecule has 1 amide bonds. The highest BCUT2D eigenvalue weighted by Gasteiger charge is 2.11. The van der Waals surface area contributed by atoms with Crippen molar-refractivity contribution in [2.75, 3.05) is 12.4 Å². The normalized spacial score (nSPS) is 10.5. The second-order valence-corrected chi connectivity index (χ2v) is 5.26. The van der Waals surface area contributed by atoms with Crippen LogP contribution in [-0.2, 0) is 4.79 Å². The number of carbonyl (C=O) groups is 1. The van der Waals surface area contributed by atoms with Crippen LogP contribution in [0.15, 0.2) is 24.3 Å². The molecule has 1 aromatic carbocycles. The first-order valence-corrected chi connectivity index (χ1v) is 6.70. The monoisotopic (exact) mass is 277 g/mol. The Morgan fingerprint density at radius 2 is 1.95 bits per heavy atom. The molecule has 0 radical (unpaired) electrons. The first-order chi connectivity index (χ1) is 9.10. The van der Waals surface area contributed by atoms with Gasteiger partial charge in [0.25, 0.3) is 0 Å². The minimum absolute atomic E-state index is 0.0579. The number of nitrogens with one attached hydrogen (secondary N) is 1. The van der Waals surface area contributed by atoms with Crippen molar-refractivity contribution in [3.8, 4) is 16.3 Å². The molecule has 0 saturated heterocycles. The lowest BCUT2D eigenvalue weighted by atomic mass is 10.2. The number of nitrogens with zero attached hydrogens (tertiary/aromatic N) is 2. The van der Waals surface area contributed by atoms with Gasteiger partial charge in [-0.2, -0.15) is 0 Å². The molecule has 0 aliphatic heterocycles. The summed E-state index contributed by atoms with van der Waals surface area (Å²) in [7, 11) is 1.62. The van der Waals surface area contributed by atoms with E-state index in [-0.39, 0.29) is 11.8 Å². The van der Waals surface area contributed by atoms with Crippen LogP contribution in [0, 0.1) is 5.92 Å². The van der Waals surface area contributed by atoms with Gasteiger partial charge in [0.2, 0.25) is 11.0 Å². The molecule has 1 N–H and O–H groups in total. The van der Waals surface area contributed by atoms with Crippen molar-refractivity contribution in [1.82, 2.24) is 10.2 Å². The third kappa shape index (κ3) is 3.29. The van der Waals surface area contributed by atoms with Crippen molar-refractivity contribution in [2.45, 2.75) is 13.8 Å². The van der Waals surface area contributed by atoms with Gasteiger partial charge in [0.1, 0.15) is 10.8 Å². The third-order valence-corrected chi connectivity index (χ3v) is 3.40. The highest BCUT2D eigenvalue weighted by Crippen LogP contribution is 2.27. The average molecular weight is 277 g/mol. The molecule has 0 saturated carbocycles. The van der Waals surface area contributed by atoms with Crippen LogP contribution in [0.4, 0.5) is 5.13 Å². The largest absolute Gasteiger partial charge is 0.497 e. The highest BCUT2D eigenvalue weighted by atomic mass is 32.1. The molecule has 5 nitrogen and oxygen atoms in total. The molecule has 19 heavy (non-hydrogen) atoms. The number of amides is 1. The summed E-state index contributed by atoms with van der Waals surface area (Å²) >= 11 is 1.35. The molecule has 2 rings (SSSR count). The number of ether oxygens (including phenoxy) is 1. The number of hydrogen-bond donors (Lipinski definition) is 1. The maximum atomic E-state index is 11.6. The summed E-state index contributed by atoms with van der Waals surface area (Å²) in [6, 6.07) is 7.55. The summed E-state index contributed by atoms with van der Waals surface area (Å²) in [5, 5.41) is 12.0. The molecule has 0 unspecified atom stereocenters. The summed E-state index contributed by atoms with van der Waals surface area (Å²) in [6.07, 6.45) is 0. The standard InChI is InChI=1S/C13H15N3O2S/c1-8(2)11(17)14-13-16-15-12(19-13)9-4-6-10(18-3)7-5-9/h4-8H,1-3H3,(H,14,16,17). The van der Waals surface area contributed by atoms with E-state index in [2.05, 4.69) is 15.5 Å². The molecular formula is C13H15N3O2S. The zero-order valence-corrected chi connectivity index (χ0v) is 11.8. The second kappa shape index (κ2) is 5.79. The van der Waals surface area contributed by atoms with E-state index in [1.165, 1.54) is 11.3 Å². The number of methoxy groups -OCH3 is 1. The molecule has 0 bridgehead atoms. The Morgan fingerprint density at radius 3 is 2.53 bits per heavy atom. The van der Waals surface area contributed by atoms with Crippen LogP contribution in [0.3, 0.4) is 0 Å². The lowest BCUT2D eigenvalue weighted by Gasteiger charge is -2.02. The highest BCUT2D eigenvalue weighted by molar-refractivity contribution is 7.18. The summed E-state index contributed by atoms with van der Waals surface area (Å²) < 4.78 is 5.10. The molecule has 1 heterocycles. The zero-order chi connectivity index (χ0) is 13.8. The predicted octanol–water partition coefficient (Wildman–Crippen LogP) is 2.81. The Morgan fingerprint density at radius 1 is 1.26 bits per heavy atom. The molecule has 2 aromatic rings. The summed E-state index contributed by atoms with van der Waals surface area (Å²) in [5.74, 6) is 0.660. The van der Waals surface area contributed by atoms with Crippen molar-refractivity contribution < 1.29 is 9.53 Å². The molecule has 0 fully saturated rings. The van der Waals surface area contributed by atoms with Gasteiger partial charge in [-0.25, -0.2) is 0 Å². The van der Waals surface area contributed by atoms with Gasteiger partial charge in [0.15, 0.2) is 0 Å². The van der Waals surface area contributed by atoms with Crippen molar-refractivity contribution in [3.63, 3.8) is 0 Å².